The van der Waals surface area contributed by atoms with Crippen LogP contribution in [0.3, 0.4) is 0 Å². The van der Waals surface area contributed by atoms with Crippen LogP contribution < -0.4 is 5.32 Å². The van der Waals surface area contributed by atoms with Crippen LogP contribution in [0.1, 0.15) is 24.0 Å². The van der Waals surface area contributed by atoms with E-state index < -0.39 is 0 Å². The molecule has 1 unspecified atom stereocenters. The number of halogens is 2. The van der Waals surface area contributed by atoms with Gasteiger partial charge in [-0.1, -0.05) is 12.1 Å². The molecule has 0 saturated carbocycles. The fraction of sp³-hybridized carbons (Fsp3) is 0.500. The molecule has 29 heavy (non-hydrogen) atoms. The van der Waals surface area contributed by atoms with E-state index in [4.69, 9.17) is 14.7 Å². The van der Waals surface area contributed by atoms with E-state index in [2.05, 4.69) is 41.2 Å². The Morgan fingerprint density at radius 3 is 2.83 bits per heavy atom. The predicted octanol–water partition coefficient (Wildman–Crippen LogP) is 4.47. The van der Waals surface area contributed by atoms with E-state index in [0.717, 1.165) is 72.2 Å². The van der Waals surface area contributed by atoms with Gasteiger partial charge in [0.1, 0.15) is 10.7 Å². The minimum Gasteiger partial charge on any atom is -0.382 e. The molecule has 0 radical (unpaired) electrons. The summed E-state index contributed by atoms with van der Waals surface area (Å²) >= 11 is 1.69. The number of benzene rings is 1. The first kappa shape index (κ1) is 23.9. The molecule has 2 aromatic rings. The smallest absolute Gasteiger partial charge is 0.158 e. The van der Waals surface area contributed by atoms with Crippen LogP contribution in [0.2, 0.25) is 0 Å². The molecule has 1 aromatic heterocycles. The van der Waals surface area contributed by atoms with Crippen molar-refractivity contribution in [2.24, 2.45) is 4.99 Å². The minimum atomic E-state index is 0. The number of aryl methyl sites for hydroxylation is 1. The van der Waals surface area contributed by atoms with Gasteiger partial charge in [-0.05, 0) is 39.4 Å². The number of likely N-dealkylation sites (N-methyl/N-ethyl adjacent to an activating group) is 1. The van der Waals surface area contributed by atoms with Crippen molar-refractivity contribution in [1.29, 1.82) is 0 Å². The molecule has 0 spiro atoms. The number of aromatic nitrogens is 1. The zero-order valence-electron chi connectivity index (χ0n) is 17.1. The van der Waals surface area contributed by atoms with E-state index in [1.165, 1.54) is 0 Å². The summed E-state index contributed by atoms with van der Waals surface area (Å²) in [5.74, 6) is 0.987. The lowest BCUT2D eigenvalue weighted by Gasteiger charge is -2.40. The second kappa shape index (κ2) is 10.6. The Bertz CT molecular complexity index is 844. The predicted molar refractivity (Wildman–Crippen MR) is 126 cm³/mol. The van der Waals surface area contributed by atoms with Crippen LogP contribution in [0, 0.1) is 6.92 Å². The largest absolute Gasteiger partial charge is 0.382 e. The quantitative estimate of drug-likeness (QED) is 0.686. The second-order valence-corrected chi connectivity index (χ2v) is 8.26. The summed E-state index contributed by atoms with van der Waals surface area (Å²) in [6.45, 7) is 8.60. The first-order valence-corrected chi connectivity index (χ1v) is 10.4. The molecule has 2 aliphatic rings. The van der Waals surface area contributed by atoms with Gasteiger partial charge in [0.15, 0.2) is 5.84 Å². The van der Waals surface area contributed by atoms with Crippen LogP contribution in [0.25, 0.3) is 0 Å². The topological polar surface area (TPSA) is 53.0 Å². The molecule has 0 aliphatic carbocycles. The van der Waals surface area contributed by atoms with Crippen molar-refractivity contribution in [2.75, 3.05) is 45.2 Å². The summed E-state index contributed by atoms with van der Waals surface area (Å²) in [5.41, 5.74) is 2.99. The number of aliphatic imine (C=N–C) groups is 1. The summed E-state index contributed by atoms with van der Waals surface area (Å²) in [6.07, 6.45) is 1.03. The number of nitrogens with zero attached hydrogens (tertiary/aromatic N) is 4. The van der Waals surface area contributed by atoms with E-state index in [-0.39, 0.29) is 24.8 Å². The van der Waals surface area contributed by atoms with E-state index in [1.54, 1.807) is 11.3 Å². The Kier molecular flexibility index (Phi) is 8.73. The third-order valence-corrected chi connectivity index (χ3v) is 6.09. The Morgan fingerprint density at radius 2 is 2.03 bits per heavy atom. The van der Waals surface area contributed by atoms with E-state index in [1.807, 2.05) is 19.1 Å². The average Bonchev–Trinajstić information content (AvgIpc) is 2.95. The molecule has 1 N–H and O–H groups in total. The Balaban J connectivity index is 0.00000150. The van der Waals surface area contributed by atoms with Gasteiger partial charge in [0.25, 0.3) is 0 Å². The fourth-order valence-corrected chi connectivity index (χ4v) is 4.49. The van der Waals surface area contributed by atoms with Crippen molar-refractivity contribution < 1.29 is 4.74 Å². The van der Waals surface area contributed by atoms with Crippen molar-refractivity contribution >= 4 is 58.4 Å². The zero-order valence-corrected chi connectivity index (χ0v) is 19.5. The van der Waals surface area contributed by atoms with Crippen molar-refractivity contribution in [3.05, 3.63) is 35.0 Å². The number of thiazole rings is 1. The molecule has 2 aliphatic heterocycles. The highest BCUT2D eigenvalue weighted by molar-refractivity contribution is 7.16. The van der Waals surface area contributed by atoms with Gasteiger partial charge in [0, 0.05) is 38.9 Å². The molecule has 1 fully saturated rings. The normalized spacial score (nSPS) is 18.4. The number of hydrogen-bond donors (Lipinski definition) is 1. The van der Waals surface area contributed by atoms with Crippen molar-refractivity contribution in [2.45, 2.75) is 26.3 Å². The van der Waals surface area contributed by atoms with Gasteiger partial charge in [-0.25, -0.2) is 9.98 Å². The number of anilines is 2. The number of amidine groups is 1. The molecule has 0 bridgehead atoms. The molecular weight excluding hydrogens is 429 g/mol. The molecule has 9 heteroatoms. The number of fused-ring (bicyclic) bond motifs is 2. The van der Waals surface area contributed by atoms with E-state index >= 15 is 0 Å². The van der Waals surface area contributed by atoms with Crippen LogP contribution in [-0.4, -0.2) is 66.6 Å². The molecular formula is C20H29Cl2N5OS. The van der Waals surface area contributed by atoms with Crippen molar-refractivity contribution in [3.63, 3.8) is 0 Å². The molecule has 0 amide bonds. The maximum Gasteiger partial charge on any atom is 0.158 e. The molecule has 1 saturated heterocycles. The van der Waals surface area contributed by atoms with Gasteiger partial charge in [-0.15, -0.1) is 36.2 Å². The Hall–Kier alpha value is -1.38. The standard InChI is InChI=1S/C20H27N5OS.2ClH/c1-4-26-12-9-15-13-25(11-10-24(15)3)19-18-20(27-14(2)21-18)23-17-8-6-5-7-16(17)22-19;;/h5-8,15,23H,4,9-13H2,1-3H3;2*1H. The lowest BCUT2D eigenvalue weighted by atomic mass is 10.1. The SMILES string of the molecule is CCOCCC1CN(C2=Nc3ccccc3Nc3sc(C)nc32)CCN1C.Cl.Cl. The fourth-order valence-electron chi connectivity index (χ4n) is 3.66. The minimum absolute atomic E-state index is 0. The van der Waals surface area contributed by atoms with Crippen LogP contribution >= 0.6 is 36.2 Å². The summed E-state index contributed by atoms with van der Waals surface area (Å²) in [4.78, 5) is 14.7. The van der Waals surface area contributed by atoms with Crippen LogP contribution in [0.4, 0.5) is 16.4 Å². The van der Waals surface area contributed by atoms with Gasteiger partial charge >= 0.3 is 0 Å². The van der Waals surface area contributed by atoms with Gasteiger partial charge in [-0.3, -0.25) is 4.90 Å². The molecule has 1 atom stereocenters. The van der Waals surface area contributed by atoms with Crippen LogP contribution in [0.15, 0.2) is 29.3 Å². The van der Waals surface area contributed by atoms with Gasteiger partial charge in [0.2, 0.25) is 0 Å². The van der Waals surface area contributed by atoms with Gasteiger partial charge in [-0.2, -0.15) is 0 Å². The van der Waals surface area contributed by atoms with Crippen molar-refractivity contribution in [3.8, 4) is 0 Å². The maximum absolute atomic E-state index is 5.60. The zero-order chi connectivity index (χ0) is 18.8. The molecule has 6 nitrogen and oxygen atoms in total. The van der Waals surface area contributed by atoms with E-state index in [0.29, 0.717) is 6.04 Å². The highest BCUT2D eigenvalue weighted by Gasteiger charge is 2.30. The van der Waals surface area contributed by atoms with Gasteiger partial charge < -0.3 is 15.0 Å². The number of piperazine rings is 1. The average molecular weight is 458 g/mol. The third kappa shape index (κ3) is 5.22. The first-order chi connectivity index (χ1) is 13.2. The highest BCUT2D eigenvalue weighted by Crippen LogP contribution is 2.37. The Labute approximate surface area is 189 Å². The molecule has 3 heterocycles. The first-order valence-electron chi connectivity index (χ1n) is 9.61. The number of nitrogens with one attached hydrogen (secondary N) is 1. The lowest BCUT2D eigenvalue weighted by Crippen LogP contribution is -2.53. The third-order valence-electron chi connectivity index (χ3n) is 5.20. The van der Waals surface area contributed by atoms with Crippen LogP contribution in [0.5, 0.6) is 0 Å². The Morgan fingerprint density at radius 1 is 1.24 bits per heavy atom. The summed E-state index contributed by atoms with van der Waals surface area (Å²) < 4.78 is 5.60. The van der Waals surface area contributed by atoms with Crippen LogP contribution in [-0.2, 0) is 4.74 Å². The molecule has 4 rings (SSSR count). The number of para-hydroxylation sites is 2. The molecule has 1 aromatic carbocycles. The highest BCUT2D eigenvalue weighted by atomic mass is 35.5. The number of ether oxygens (including phenoxy) is 1. The van der Waals surface area contributed by atoms with Crippen molar-refractivity contribution in [1.82, 2.24) is 14.8 Å². The summed E-state index contributed by atoms with van der Waals surface area (Å²) in [6, 6.07) is 8.68. The lowest BCUT2D eigenvalue weighted by molar-refractivity contribution is 0.0843. The number of hydrogen-bond acceptors (Lipinski definition) is 7. The van der Waals surface area contributed by atoms with Gasteiger partial charge in [0.05, 0.1) is 16.4 Å². The summed E-state index contributed by atoms with van der Waals surface area (Å²) in [5, 5.41) is 5.68. The molecule has 160 valence electrons. The maximum atomic E-state index is 5.60. The second-order valence-electron chi connectivity index (χ2n) is 7.05. The number of rotatable bonds is 4. The van der Waals surface area contributed by atoms with E-state index in [9.17, 15) is 0 Å². The summed E-state index contributed by atoms with van der Waals surface area (Å²) in [7, 11) is 2.21. The monoisotopic (exact) mass is 457 g/mol.